The van der Waals surface area contributed by atoms with Crippen molar-refractivity contribution < 1.29 is 0 Å². The molecule has 0 radical (unpaired) electrons. The summed E-state index contributed by atoms with van der Waals surface area (Å²) >= 11 is 0. The molecule has 0 saturated carbocycles. The van der Waals surface area contributed by atoms with Gasteiger partial charge in [-0.15, -0.1) is 0 Å². The van der Waals surface area contributed by atoms with Gasteiger partial charge in [0.05, 0.1) is 17.1 Å². The quantitative estimate of drug-likeness (QED) is 0.152. The van der Waals surface area contributed by atoms with Crippen LogP contribution in [0.4, 0.5) is 45.5 Å². The van der Waals surface area contributed by atoms with Crippen LogP contribution < -0.4 is 14.7 Å². The molecule has 1 aliphatic rings. The van der Waals surface area contributed by atoms with Gasteiger partial charge in [-0.25, -0.2) is 0 Å². The Hall–Kier alpha value is -5.80. The average Bonchev–Trinajstić information content (AvgIpc) is 3.16. The van der Waals surface area contributed by atoms with E-state index in [0.717, 1.165) is 24.2 Å². The summed E-state index contributed by atoms with van der Waals surface area (Å²) in [6, 6.07) is 50.1. The second kappa shape index (κ2) is 14.6. The molecule has 0 spiro atoms. The first kappa shape index (κ1) is 33.7. The Labute approximate surface area is 304 Å². The van der Waals surface area contributed by atoms with Crippen LogP contribution in [0.1, 0.15) is 47.6 Å². The van der Waals surface area contributed by atoms with Gasteiger partial charge in [-0.2, -0.15) is 0 Å². The van der Waals surface area contributed by atoms with Crippen molar-refractivity contribution in [1.82, 2.24) is 0 Å². The van der Waals surface area contributed by atoms with Gasteiger partial charge < -0.3 is 14.7 Å². The fraction of sp³-hybridized carbons (Fsp3) is 0.167. The predicted octanol–water partition coefficient (Wildman–Crippen LogP) is 13.9. The van der Waals surface area contributed by atoms with Gasteiger partial charge in [0.2, 0.25) is 0 Å². The Morgan fingerprint density at radius 2 is 0.745 bits per heavy atom. The van der Waals surface area contributed by atoms with E-state index in [2.05, 4.69) is 208 Å². The summed E-state index contributed by atoms with van der Waals surface area (Å²) in [5.74, 6) is 0. The number of hydrogen-bond acceptors (Lipinski definition) is 3. The number of rotatable bonds is 9. The summed E-state index contributed by atoms with van der Waals surface area (Å²) in [4.78, 5) is 7.52. The average molecular weight is 666 g/mol. The minimum atomic E-state index is 0.967. The first-order valence-corrected chi connectivity index (χ1v) is 18.0. The van der Waals surface area contributed by atoms with Gasteiger partial charge in [0.25, 0.3) is 0 Å². The van der Waals surface area contributed by atoms with E-state index in [4.69, 9.17) is 0 Å². The molecule has 6 aromatic rings. The summed E-state index contributed by atoms with van der Waals surface area (Å²) in [5.41, 5.74) is 18.1. The Balaban J connectivity index is 1.67. The standard InChI is InChI=1S/C48H47N3/c1-34-22-16-19-31-43(34)49(40-25-10-7-11-26-40)46-37(4)47(50(41-27-12-8-13-28-41)44-32-20-17-23-35(44)2)39(6)48(38(46)5)51(42-29-14-9-15-30-42)45-33-21-18-24-36(45)3/h7-20,22-32H,21,33H2,1-6H3. The zero-order valence-corrected chi connectivity index (χ0v) is 30.7. The van der Waals surface area contributed by atoms with Crippen molar-refractivity contribution >= 4 is 45.5 Å². The van der Waals surface area contributed by atoms with E-state index in [1.165, 1.54) is 73.2 Å². The second-order valence-electron chi connectivity index (χ2n) is 13.6. The van der Waals surface area contributed by atoms with Gasteiger partial charge >= 0.3 is 0 Å². The molecule has 0 saturated heterocycles. The van der Waals surface area contributed by atoms with Crippen molar-refractivity contribution in [2.75, 3.05) is 14.7 Å². The van der Waals surface area contributed by atoms with Crippen molar-refractivity contribution in [1.29, 1.82) is 0 Å². The van der Waals surface area contributed by atoms with Crippen molar-refractivity contribution in [3.63, 3.8) is 0 Å². The first-order chi connectivity index (χ1) is 24.9. The molecule has 6 aromatic carbocycles. The van der Waals surface area contributed by atoms with Gasteiger partial charge in [0.1, 0.15) is 0 Å². The highest BCUT2D eigenvalue weighted by Gasteiger charge is 2.32. The lowest BCUT2D eigenvalue weighted by Crippen LogP contribution is -2.25. The van der Waals surface area contributed by atoms with Crippen LogP contribution in [0.25, 0.3) is 0 Å². The summed E-state index contributed by atoms with van der Waals surface area (Å²) in [6.07, 6.45) is 6.58. The van der Waals surface area contributed by atoms with Crippen LogP contribution in [0.15, 0.2) is 163 Å². The molecule has 0 aromatic heterocycles. The molecule has 3 heteroatoms. The number of hydrogen-bond donors (Lipinski definition) is 0. The summed E-state index contributed by atoms with van der Waals surface area (Å²) in [7, 11) is 0. The molecule has 0 fully saturated rings. The Bertz CT molecular complexity index is 2100. The van der Waals surface area contributed by atoms with Crippen molar-refractivity contribution in [2.45, 2.75) is 54.4 Å². The number of allylic oxidation sites excluding steroid dienone is 4. The van der Waals surface area contributed by atoms with E-state index in [9.17, 15) is 0 Å². The van der Waals surface area contributed by atoms with Gasteiger partial charge in [0, 0.05) is 34.1 Å². The van der Waals surface area contributed by atoms with Gasteiger partial charge in [-0.3, -0.25) is 0 Å². The second-order valence-corrected chi connectivity index (χ2v) is 13.6. The Kier molecular flexibility index (Phi) is 9.63. The van der Waals surface area contributed by atoms with E-state index < -0.39 is 0 Å². The van der Waals surface area contributed by atoms with Crippen LogP contribution in [-0.4, -0.2) is 0 Å². The first-order valence-electron chi connectivity index (χ1n) is 18.0. The molecular formula is C48H47N3. The van der Waals surface area contributed by atoms with Crippen LogP contribution in [0.2, 0.25) is 0 Å². The zero-order valence-electron chi connectivity index (χ0n) is 30.7. The maximum absolute atomic E-state index is 2.55. The molecular weight excluding hydrogens is 619 g/mol. The largest absolute Gasteiger partial charge is 0.313 e. The van der Waals surface area contributed by atoms with Crippen LogP contribution in [-0.2, 0) is 0 Å². The Morgan fingerprint density at radius 1 is 0.392 bits per heavy atom. The maximum Gasteiger partial charge on any atom is 0.0562 e. The van der Waals surface area contributed by atoms with E-state index >= 15 is 0 Å². The molecule has 0 bridgehead atoms. The molecule has 7 rings (SSSR count). The van der Waals surface area contributed by atoms with E-state index in [1.807, 2.05) is 0 Å². The molecule has 0 amide bonds. The lowest BCUT2D eigenvalue weighted by Gasteiger charge is -2.40. The fourth-order valence-electron chi connectivity index (χ4n) is 7.81. The smallest absolute Gasteiger partial charge is 0.0562 e. The minimum Gasteiger partial charge on any atom is -0.313 e. The van der Waals surface area contributed by atoms with Gasteiger partial charge in [0.15, 0.2) is 0 Å². The highest BCUT2D eigenvalue weighted by molar-refractivity contribution is 5.96. The predicted molar refractivity (Wildman–Crippen MR) is 219 cm³/mol. The summed E-state index contributed by atoms with van der Waals surface area (Å²) in [5, 5.41) is 0. The molecule has 3 nitrogen and oxygen atoms in total. The third-order valence-corrected chi connectivity index (χ3v) is 10.2. The molecule has 51 heavy (non-hydrogen) atoms. The third-order valence-electron chi connectivity index (χ3n) is 10.2. The molecule has 0 unspecified atom stereocenters. The zero-order chi connectivity index (χ0) is 35.5. The summed E-state index contributed by atoms with van der Waals surface area (Å²) < 4.78 is 0. The fourth-order valence-corrected chi connectivity index (χ4v) is 7.81. The van der Waals surface area contributed by atoms with Crippen LogP contribution >= 0.6 is 0 Å². The van der Waals surface area contributed by atoms with Crippen LogP contribution in [0.3, 0.4) is 0 Å². The molecule has 254 valence electrons. The lowest BCUT2D eigenvalue weighted by atomic mass is 9.92. The van der Waals surface area contributed by atoms with Gasteiger partial charge in [-0.1, -0.05) is 103 Å². The summed E-state index contributed by atoms with van der Waals surface area (Å²) in [6.45, 7) is 13.7. The van der Waals surface area contributed by atoms with Crippen molar-refractivity contribution in [2.24, 2.45) is 0 Å². The molecule has 0 heterocycles. The monoisotopic (exact) mass is 665 g/mol. The number of anilines is 8. The minimum absolute atomic E-state index is 0.967. The third kappa shape index (κ3) is 6.37. The molecule has 0 aliphatic heterocycles. The molecule has 0 atom stereocenters. The van der Waals surface area contributed by atoms with Crippen molar-refractivity contribution in [3.8, 4) is 0 Å². The van der Waals surface area contributed by atoms with Gasteiger partial charge in [-0.05, 0) is 136 Å². The van der Waals surface area contributed by atoms with E-state index in [0.29, 0.717) is 0 Å². The lowest BCUT2D eigenvalue weighted by molar-refractivity contribution is 0.892. The highest BCUT2D eigenvalue weighted by Crippen LogP contribution is 2.53. The highest BCUT2D eigenvalue weighted by atomic mass is 15.2. The van der Waals surface area contributed by atoms with E-state index in [-0.39, 0.29) is 0 Å². The van der Waals surface area contributed by atoms with E-state index in [1.54, 1.807) is 0 Å². The molecule has 0 N–H and O–H groups in total. The molecule has 1 aliphatic carbocycles. The Morgan fingerprint density at radius 3 is 1.14 bits per heavy atom. The SMILES string of the molecule is CC1=C(N(c2ccccc2)c2c(C)c(N(c3ccccc3)c3ccccc3C)c(C)c(N(c3ccccc3)c3ccccc3C)c2C)CCC=C1. The van der Waals surface area contributed by atoms with Crippen LogP contribution in [0.5, 0.6) is 0 Å². The van der Waals surface area contributed by atoms with Crippen molar-refractivity contribution in [3.05, 3.63) is 191 Å². The maximum atomic E-state index is 2.55. The number of aryl methyl sites for hydroxylation is 2. The topological polar surface area (TPSA) is 9.72 Å². The number of nitrogens with zero attached hydrogens (tertiary/aromatic N) is 3. The normalized spacial score (nSPS) is 12.6. The number of para-hydroxylation sites is 5. The van der Waals surface area contributed by atoms with Crippen LogP contribution in [0, 0.1) is 34.6 Å². The number of benzene rings is 6.